The molecule has 1 aromatic heterocycles. The summed E-state index contributed by atoms with van der Waals surface area (Å²) in [6.45, 7) is 2.36. The third-order valence-electron chi connectivity index (χ3n) is 5.06. The standard InChI is InChI=1S/C20H22N4O5/c1-27-18(26)14-3-2-4-16(11-14)23-19-21-12-15(13-22-19)17(25)24-7-5-20(6-8-24)28-9-10-29-20/h2-4,11-13H,5-10H2,1H3,(H,21,22,23). The van der Waals surface area contributed by atoms with Gasteiger partial charge in [-0.25, -0.2) is 14.8 Å². The van der Waals surface area contributed by atoms with Crippen LogP contribution in [0, 0.1) is 0 Å². The maximum atomic E-state index is 12.7. The highest BCUT2D eigenvalue weighted by Crippen LogP contribution is 2.31. The van der Waals surface area contributed by atoms with Crippen LogP contribution >= 0.6 is 0 Å². The second-order valence-corrected chi connectivity index (χ2v) is 6.89. The molecular formula is C20H22N4O5. The molecule has 29 heavy (non-hydrogen) atoms. The number of amides is 1. The number of anilines is 2. The predicted octanol–water partition coefficient (Wildman–Crippen LogP) is 1.99. The van der Waals surface area contributed by atoms with Crippen molar-refractivity contribution in [1.29, 1.82) is 0 Å². The van der Waals surface area contributed by atoms with E-state index in [4.69, 9.17) is 14.2 Å². The maximum absolute atomic E-state index is 12.7. The van der Waals surface area contributed by atoms with E-state index in [1.807, 2.05) is 0 Å². The Labute approximate surface area is 168 Å². The monoisotopic (exact) mass is 398 g/mol. The number of nitrogens with zero attached hydrogens (tertiary/aromatic N) is 3. The van der Waals surface area contributed by atoms with Crippen LogP contribution in [0.2, 0.25) is 0 Å². The molecule has 1 amide bonds. The topological polar surface area (TPSA) is 103 Å². The van der Waals surface area contributed by atoms with E-state index in [1.165, 1.54) is 19.5 Å². The first-order valence-corrected chi connectivity index (χ1v) is 9.43. The van der Waals surface area contributed by atoms with Crippen molar-refractivity contribution in [2.24, 2.45) is 0 Å². The fraction of sp³-hybridized carbons (Fsp3) is 0.400. The first-order valence-electron chi connectivity index (χ1n) is 9.43. The molecule has 2 aliphatic heterocycles. The van der Waals surface area contributed by atoms with E-state index < -0.39 is 11.8 Å². The average molecular weight is 398 g/mol. The summed E-state index contributed by atoms with van der Waals surface area (Å²) >= 11 is 0. The summed E-state index contributed by atoms with van der Waals surface area (Å²) in [5.41, 5.74) is 1.48. The minimum absolute atomic E-state index is 0.114. The van der Waals surface area contributed by atoms with Gasteiger partial charge in [0.05, 0.1) is 31.5 Å². The summed E-state index contributed by atoms with van der Waals surface area (Å²) in [5.74, 6) is -0.724. The molecule has 0 aliphatic carbocycles. The van der Waals surface area contributed by atoms with Gasteiger partial charge in [0.1, 0.15) is 0 Å². The third kappa shape index (κ3) is 4.20. The molecule has 9 heteroatoms. The van der Waals surface area contributed by atoms with Crippen LogP contribution < -0.4 is 5.32 Å². The highest BCUT2D eigenvalue weighted by molar-refractivity contribution is 5.94. The van der Waals surface area contributed by atoms with Gasteiger partial charge in [-0.2, -0.15) is 0 Å². The van der Waals surface area contributed by atoms with Crippen LogP contribution in [0.15, 0.2) is 36.7 Å². The molecule has 0 bridgehead atoms. The fourth-order valence-corrected chi connectivity index (χ4v) is 3.49. The zero-order chi connectivity index (χ0) is 20.3. The molecule has 0 radical (unpaired) electrons. The molecule has 2 saturated heterocycles. The summed E-state index contributed by atoms with van der Waals surface area (Å²) in [6, 6.07) is 6.81. The Hall–Kier alpha value is -3.04. The van der Waals surface area contributed by atoms with Crippen molar-refractivity contribution in [1.82, 2.24) is 14.9 Å². The van der Waals surface area contributed by atoms with Gasteiger partial charge in [-0.05, 0) is 18.2 Å². The molecule has 0 unspecified atom stereocenters. The van der Waals surface area contributed by atoms with Crippen molar-refractivity contribution in [3.63, 3.8) is 0 Å². The van der Waals surface area contributed by atoms with E-state index in [-0.39, 0.29) is 5.91 Å². The minimum atomic E-state index is -0.514. The lowest BCUT2D eigenvalue weighted by molar-refractivity contribution is -0.181. The Balaban J connectivity index is 1.38. The van der Waals surface area contributed by atoms with Crippen molar-refractivity contribution in [3.8, 4) is 0 Å². The van der Waals surface area contributed by atoms with Crippen molar-refractivity contribution in [2.45, 2.75) is 18.6 Å². The maximum Gasteiger partial charge on any atom is 0.337 e. The Kier molecular flexibility index (Phi) is 5.41. The molecule has 2 aromatic rings. The molecule has 2 aliphatic rings. The zero-order valence-electron chi connectivity index (χ0n) is 16.1. The number of nitrogens with one attached hydrogen (secondary N) is 1. The molecule has 1 spiro atoms. The van der Waals surface area contributed by atoms with E-state index in [9.17, 15) is 9.59 Å². The summed E-state index contributed by atoms with van der Waals surface area (Å²) in [6.07, 6.45) is 4.31. The molecule has 152 valence electrons. The molecule has 0 saturated carbocycles. The van der Waals surface area contributed by atoms with E-state index in [2.05, 4.69) is 15.3 Å². The number of piperidine rings is 1. The lowest BCUT2D eigenvalue weighted by atomic mass is 10.0. The van der Waals surface area contributed by atoms with Gasteiger partial charge < -0.3 is 24.4 Å². The summed E-state index contributed by atoms with van der Waals surface area (Å²) in [5, 5.41) is 3.01. The first-order chi connectivity index (χ1) is 14.1. The smallest absolute Gasteiger partial charge is 0.337 e. The fourth-order valence-electron chi connectivity index (χ4n) is 3.49. The SMILES string of the molecule is COC(=O)c1cccc(Nc2ncc(C(=O)N3CCC4(CC3)OCCO4)cn2)c1. The van der Waals surface area contributed by atoms with Crippen LogP contribution in [0.3, 0.4) is 0 Å². The van der Waals surface area contributed by atoms with Crippen molar-refractivity contribution in [2.75, 3.05) is 38.7 Å². The Morgan fingerprint density at radius 3 is 2.45 bits per heavy atom. The number of ether oxygens (including phenoxy) is 3. The quantitative estimate of drug-likeness (QED) is 0.780. The van der Waals surface area contributed by atoms with Crippen LogP contribution in [0.1, 0.15) is 33.6 Å². The second kappa shape index (κ2) is 8.14. The molecule has 1 N–H and O–H groups in total. The summed E-state index contributed by atoms with van der Waals surface area (Å²) in [7, 11) is 1.33. The number of likely N-dealkylation sites (tertiary alicyclic amines) is 1. The van der Waals surface area contributed by atoms with E-state index in [0.717, 1.165) is 0 Å². The molecule has 1 aromatic carbocycles. The molecule has 0 atom stereocenters. The third-order valence-corrected chi connectivity index (χ3v) is 5.06. The van der Waals surface area contributed by atoms with Gasteiger partial charge >= 0.3 is 5.97 Å². The summed E-state index contributed by atoms with van der Waals surface area (Å²) in [4.78, 5) is 34.6. The van der Waals surface area contributed by atoms with Crippen molar-refractivity contribution < 1.29 is 23.8 Å². The summed E-state index contributed by atoms with van der Waals surface area (Å²) < 4.78 is 16.1. The molecule has 2 fully saturated rings. The van der Waals surface area contributed by atoms with Gasteiger partial charge in [-0.15, -0.1) is 0 Å². The van der Waals surface area contributed by atoms with E-state index >= 15 is 0 Å². The van der Waals surface area contributed by atoms with Crippen LogP contribution in [-0.2, 0) is 14.2 Å². The Morgan fingerprint density at radius 2 is 1.79 bits per heavy atom. The number of esters is 1. The van der Waals surface area contributed by atoms with Crippen LogP contribution in [-0.4, -0.2) is 65.9 Å². The Bertz CT molecular complexity index is 886. The number of benzene rings is 1. The molecule has 9 nitrogen and oxygen atoms in total. The highest BCUT2D eigenvalue weighted by Gasteiger charge is 2.40. The zero-order valence-corrected chi connectivity index (χ0v) is 16.1. The van der Waals surface area contributed by atoms with Gasteiger partial charge in [0.2, 0.25) is 5.95 Å². The second-order valence-electron chi connectivity index (χ2n) is 6.89. The van der Waals surface area contributed by atoms with Gasteiger partial charge in [-0.3, -0.25) is 4.79 Å². The van der Waals surface area contributed by atoms with Gasteiger partial charge in [0.15, 0.2) is 5.79 Å². The van der Waals surface area contributed by atoms with Crippen LogP contribution in [0.4, 0.5) is 11.6 Å². The highest BCUT2D eigenvalue weighted by atomic mass is 16.7. The number of carbonyl (C=O) groups excluding carboxylic acids is 2. The number of methoxy groups -OCH3 is 1. The van der Waals surface area contributed by atoms with Gasteiger partial charge in [0, 0.05) is 44.0 Å². The number of rotatable bonds is 4. The van der Waals surface area contributed by atoms with E-state index in [1.54, 1.807) is 29.2 Å². The van der Waals surface area contributed by atoms with Crippen LogP contribution in [0.5, 0.6) is 0 Å². The normalized spacial score (nSPS) is 17.9. The molecule has 4 rings (SSSR count). The van der Waals surface area contributed by atoms with Crippen molar-refractivity contribution in [3.05, 3.63) is 47.8 Å². The lowest BCUT2D eigenvalue weighted by Crippen LogP contribution is -2.47. The van der Waals surface area contributed by atoms with Crippen molar-refractivity contribution >= 4 is 23.5 Å². The number of hydrogen-bond donors (Lipinski definition) is 1. The molecule has 3 heterocycles. The number of carbonyl (C=O) groups is 2. The lowest BCUT2D eigenvalue weighted by Gasteiger charge is -2.37. The van der Waals surface area contributed by atoms with Gasteiger partial charge in [0.25, 0.3) is 5.91 Å². The number of hydrogen-bond acceptors (Lipinski definition) is 8. The van der Waals surface area contributed by atoms with E-state index in [0.29, 0.717) is 61.9 Å². The predicted molar refractivity (Wildman–Crippen MR) is 103 cm³/mol. The van der Waals surface area contributed by atoms with Gasteiger partial charge in [-0.1, -0.05) is 6.07 Å². The first kappa shape index (κ1) is 19.3. The average Bonchev–Trinajstić information content (AvgIpc) is 3.22. The Morgan fingerprint density at radius 1 is 1.10 bits per heavy atom. The largest absolute Gasteiger partial charge is 0.465 e. The minimum Gasteiger partial charge on any atom is -0.465 e. The molecular weight excluding hydrogens is 376 g/mol. The number of aromatic nitrogens is 2. The van der Waals surface area contributed by atoms with Crippen LogP contribution in [0.25, 0.3) is 0 Å².